The smallest absolute Gasteiger partial charge is 0.317 e. The third-order valence-electron chi connectivity index (χ3n) is 2.07. The van der Waals surface area contributed by atoms with E-state index < -0.39 is 11.4 Å². The second kappa shape index (κ2) is 3.52. The van der Waals surface area contributed by atoms with Gasteiger partial charge >= 0.3 is 12.0 Å². The van der Waals surface area contributed by atoms with Crippen molar-refractivity contribution in [3.63, 3.8) is 0 Å². The predicted molar refractivity (Wildman–Crippen MR) is 50.2 cm³/mol. The number of amides is 1. The molecule has 1 rings (SSSR count). The lowest BCUT2D eigenvalue weighted by molar-refractivity contribution is -0.121. The highest BCUT2D eigenvalue weighted by Crippen LogP contribution is 2.17. The number of hydrogen-bond acceptors (Lipinski definition) is 6. The molecule has 1 unspecified atom stereocenters. The minimum Gasteiger partial charge on any atom is -0.390 e. The largest absolute Gasteiger partial charge is 0.390 e. The lowest BCUT2D eigenvalue weighted by Crippen LogP contribution is -2.47. The molecule has 1 aromatic heterocycles. The summed E-state index contributed by atoms with van der Waals surface area (Å²) in [6.07, 6.45) is 0.505. The number of hydrogen-bond donors (Lipinski definition) is 3. The van der Waals surface area contributed by atoms with Gasteiger partial charge in [-0.3, -0.25) is 4.79 Å². The molecule has 0 aliphatic carbocycles. The standard InChI is InChI=1S/C7H13N5O2/c1-3-7(2,4(8)13)10-6-12-11-5(9)14-6/h3H2,1-2H3,(H2,8,13)(H2,9,11)(H,10,12). The average Bonchev–Trinajstić information content (AvgIpc) is 2.50. The first-order chi connectivity index (χ1) is 6.48. The van der Waals surface area contributed by atoms with E-state index in [1.54, 1.807) is 6.92 Å². The molecule has 0 aromatic carbocycles. The van der Waals surface area contributed by atoms with Crippen LogP contribution in [0.15, 0.2) is 4.42 Å². The number of primary amides is 1. The van der Waals surface area contributed by atoms with Crippen LogP contribution in [0.25, 0.3) is 0 Å². The molecular weight excluding hydrogens is 186 g/mol. The molecule has 0 aliphatic heterocycles. The Balaban J connectivity index is 2.80. The summed E-state index contributed by atoms with van der Waals surface area (Å²) in [6.45, 7) is 3.47. The second-order valence-electron chi connectivity index (χ2n) is 3.12. The average molecular weight is 199 g/mol. The summed E-state index contributed by atoms with van der Waals surface area (Å²) >= 11 is 0. The molecule has 0 bridgehead atoms. The van der Waals surface area contributed by atoms with E-state index in [-0.39, 0.29) is 12.0 Å². The highest BCUT2D eigenvalue weighted by molar-refractivity contribution is 5.86. The third-order valence-corrected chi connectivity index (χ3v) is 2.07. The normalized spacial score (nSPS) is 14.7. The number of nitrogens with one attached hydrogen (secondary N) is 1. The van der Waals surface area contributed by atoms with Crippen molar-refractivity contribution in [3.05, 3.63) is 0 Å². The number of carbonyl (C=O) groups is 1. The fourth-order valence-corrected chi connectivity index (χ4v) is 0.845. The number of aromatic nitrogens is 2. The fourth-order valence-electron chi connectivity index (χ4n) is 0.845. The van der Waals surface area contributed by atoms with Gasteiger partial charge < -0.3 is 21.2 Å². The van der Waals surface area contributed by atoms with Crippen molar-refractivity contribution >= 4 is 17.9 Å². The molecule has 0 saturated carbocycles. The van der Waals surface area contributed by atoms with Crippen molar-refractivity contribution in [2.24, 2.45) is 5.73 Å². The summed E-state index contributed by atoms with van der Waals surface area (Å²) in [6, 6.07) is 0.0288. The monoisotopic (exact) mass is 199 g/mol. The SMILES string of the molecule is CCC(C)(Nc1nnc(N)o1)C(N)=O. The maximum absolute atomic E-state index is 11.1. The van der Waals surface area contributed by atoms with E-state index in [0.717, 1.165) is 0 Å². The molecule has 5 N–H and O–H groups in total. The summed E-state index contributed by atoms with van der Waals surface area (Å²) in [7, 11) is 0. The molecule has 0 aliphatic rings. The molecule has 7 heteroatoms. The fraction of sp³-hybridized carbons (Fsp3) is 0.571. The Morgan fingerprint density at radius 3 is 2.64 bits per heavy atom. The zero-order chi connectivity index (χ0) is 10.8. The van der Waals surface area contributed by atoms with Gasteiger partial charge in [0.05, 0.1) is 0 Å². The van der Waals surface area contributed by atoms with Gasteiger partial charge in [0, 0.05) is 0 Å². The molecule has 0 spiro atoms. The van der Waals surface area contributed by atoms with Gasteiger partial charge in [-0.25, -0.2) is 0 Å². The van der Waals surface area contributed by atoms with E-state index in [1.807, 2.05) is 6.92 Å². The number of rotatable bonds is 4. The van der Waals surface area contributed by atoms with Crippen LogP contribution in [0.4, 0.5) is 12.0 Å². The van der Waals surface area contributed by atoms with Gasteiger partial charge in [0.2, 0.25) is 5.91 Å². The van der Waals surface area contributed by atoms with Gasteiger partial charge in [0.15, 0.2) is 0 Å². The Morgan fingerprint density at radius 2 is 2.29 bits per heavy atom. The van der Waals surface area contributed by atoms with Gasteiger partial charge in [-0.2, -0.15) is 0 Å². The summed E-state index contributed by atoms with van der Waals surface area (Å²) in [4.78, 5) is 11.1. The maximum Gasteiger partial charge on any atom is 0.317 e. The number of nitrogens with two attached hydrogens (primary N) is 2. The molecule has 0 radical (unpaired) electrons. The molecule has 1 atom stereocenters. The molecule has 7 nitrogen and oxygen atoms in total. The molecule has 1 aromatic rings. The molecule has 14 heavy (non-hydrogen) atoms. The first-order valence-corrected chi connectivity index (χ1v) is 4.15. The quantitative estimate of drug-likeness (QED) is 0.613. The van der Waals surface area contributed by atoms with Gasteiger partial charge in [-0.15, -0.1) is 0 Å². The number of nitrogen functional groups attached to an aromatic ring is 1. The minimum atomic E-state index is -0.904. The summed E-state index contributed by atoms with van der Waals surface area (Å²) < 4.78 is 4.87. The second-order valence-corrected chi connectivity index (χ2v) is 3.12. The molecule has 0 saturated heterocycles. The number of anilines is 2. The van der Waals surface area contributed by atoms with Gasteiger partial charge in [-0.1, -0.05) is 17.1 Å². The topological polar surface area (TPSA) is 120 Å². The van der Waals surface area contributed by atoms with Crippen molar-refractivity contribution in [3.8, 4) is 0 Å². The lowest BCUT2D eigenvalue weighted by Gasteiger charge is -2.24. The Kier molecular flexibility index (Phi) is 2.59. The Morgan fingerprint density at radius 1 is 1.64 bits per heavy atom. The van der Waals surface area contributed by atoms with Crippen LogP contribution in [0, 0.1) is 0 Å². The van der Waals surface area contributed by atoms with Gasteiger partial charge in [0.25, 0.3) is 0 Å². The Hall–Kier alpha value is -1.79. The maximum atomic E-state index is 11.1. The Bertz CT molecular complexity index is 337. The van der Waals surface area contributed by atoms with E-state index >= 15 is 0 Å². The molecule has 1 amide bonds. The van der Waals surface area contributed by atoms with Crippen LogP contribution >= 0.6 is 0 Å². The zero-order valence-corrected chi connectivity index (χ0v) is 8.07. The van der Waals surface area contributed by atoms with Crippen molar-refractivity contribution in [1.82, 2.24) is 10.2 Å². The van der Waals surface area contributed by atoms with E-state index in [2.05, 4.69) is 15.5 Å². The summed E-state index contributed by atoms with van der Waals surface area (Å²) in [5.74, 6) is -0.489. The van der Waals surface area contributed by atoms with E-state index in [9.17, 15) is 4.79 Å². The molecular formula is C7H13N5O2. The van der Waals surface area contributed by atoms with E-state index in [1.165, 1.54) is 0 Å². The Labute approximate surface area is 80.8 Å². The summed E-state index contributed by atoms with van der Waals surface area (Å²) in [5.41, 5.74) is 9.53. The minimum absolute atomic E-state index is 0.0598. The third kappa shape index (κ3) is 1.93. The molecule has 0 fully saturated rings. The lowest BCUT2D eigenvalue weighted by atomic mass is 9.99. The zero-order valence-electron chi connectivity index (χ0n) is 8.07. The predicted octanol–water partition coefficient (Wildman–Crippen LogP) is -0.282. The van der Waals surface area contributed by atoms with Crippen molar-refractivity contribution in [2.75, 3.05) is 11.1 Å². The molecule has 78 valence electrons. The van der Waals surface area contributed by atoms with Crippen LogP contribution in [-0.2, 0) is 4.79 Å². The first kappa shape index (κ1) is 10.3. The van der Waals surface area contributed by atoms with Crippen molar-refractivity contribution < 1.29 is 9.21 Å². The van der Waals surface area contributed by atoms with Gasteiger partial charge in [-0.05, 0) is 13.3 Å². The van der Waals surface area contributed by atoms with Gasteiger partial charge in [0.1, 0.15) is 5.54 Å². The van der Waals surface area contributed by atoms with Crippen LogP contribution in [0.5, 0.6) is 0 Å². The van der Waals surface area contributed by atoms with Crippen LogP contribution in [0.3, 0.4) is 0 Å². The highest BCUT2D eigenvalue weighted by atomic mass is 16.4. The van der Waals surface area contributed by atoms with Crippen molar-refractivity contribution in [1.29, 1.82) is 0 Å². The van der Waals surface area contributed by atoms with Crippen LogP contribution in [-0.4, -0.2) is 21.6 Å². The number of nitrogens with zero attached hydrogens (tertiary/aromatic N) is 2. The summed E-state index contributed by atoms with van der Waals surface area (Å²) in [5, 5.41) is 9.74. The van der Waals surface area contributed by atoms with E-state index in [4.69, 9.17) is 15.9 Å². The van der Waals surface area contributed by atoms with Crippen molar-refractivity contribution in [2.45, 2.75) is 25.8 Å². The molecule has 1 heterocycles. The van der Waals surface area contributed by atoms with E-state index in [0.29, 0.717) is 6.42 Å². The van der Waals surface area contributed by atoms with Crippen LogP contribution in [0.1, 0.15) is 20.3 Å². The highest BCUT2D eigenvalue weighted by Gasteiger charge is 2.30. The number of carbonyl (C=O) groups excluding carboxylic acids is 1. The van der Waals surface area contributed by atoms with Crippen LogP contribution in [0.2, 0.25) is 0 Å². The first-order valence-electron chi connectivity index (χ1n) is 4.15. The van der Waals surface area contributed by atoms with Crippen LogP contribution < -0.4 is 16.8 Å².